The minimum atomic E-state index is -1.41. The Morgan fingerprint density at radius 1 is 1.19 bits per heavy atom. The van der Waals surface area contributed by atoms with E-state index < -0.39 is 23.7 Å². The van der Waals surface area contributed by atoms with Gasteiger partial charge in [-0.1, -0.05) is 19.4 Å². The number of carbonyl (C=O) groups excluding carboxylic acids is 2. The summed E-state index contributed by atoms with van der Waals surface area (Å²) in [5, 5.41) is 31.0. The summed E-state index contributed by atoms with van der Waals surface area (Å²) in [6.45, 7) is 3.58. The number of aliphatic hydroxyl groups is 3. The lowest BCUT2D eigenvalue weighted by Crippen LogP contribution is -2.62. The summed E-state index contributed by atoms with van der Waals surface area (Å²) >= 11 is 0. The third kappa shape index (κ3) is 2.14. The van der Waals surface area contributed by atoms with Crippen LogP contribution in [-0.2, 0) is 9.59 Å². The molecule has 0 amide bonds. The molecule has 7 atom stereocenters. The molecule has 4 rings (SSSR count). The van der Waals surface area contributed by atoms with Gasteiger partial charge in [0, 0.05) is 24.2 Å². The maximum atomic E-state index is 13.3. The zero-order chi connectivity index (χ0) is 18.9. The first kappa shape index (κ1) is 18.3. The number of rotatable bonds is 2. The van der Waals surface area contributed by atoms with Crippen LogP contribution in [0.2, 0.25) is 0 Å². The summed E-state index contributed by atoms with van der Waals surface area (Å²) in [6.07, 6.45) is 4.93. The molecule has 0 bridgehead atoms. The number of Topliss-reactive ketones (excluding diaryl/α,β-unsaturated/α-hetero) is 1. The smallest absolute Gasteiger partial charge is 0.155 e. The lowest BCUT2D eigenvalue weighted by atomic mass is 9.45. The molecule has 5 nitrogen and oxygen atoms in total. The van der Waals surface area contributed by atoms with Crippen LogP contribution in [0.5, 0.6) is 0 Å². The molecule has 3 N–H and O–H groups in total. The van der Waals surface area contributed by atoms with Crippen molar-refractivity contribution in [1.82, 2.24) is 0 Å². The molecule has 0 aliphatic heterocycles. The minimum Gasteiger partial charge on any atom is -0.394 e. The average molecular weight is 362 g/mol. The zero-order valence-electron chi connectivity index (χ0n) is 15.7. The second-order valence-corrected chi connectivity index (χ2v) is 9.56. The van der Waals surface area contributed by atoms with Gasteiger partial charge < -0.3 is 15.3 Å². The molecule has 0 spiro atoms. The van der Waals surface area contributed by atoms with Crippen molar-refractivity contribution in [2.45, 2.75) is 70.5 Å². The number of carbonyl (C=O) groups is 2. The second kappa shape index (κ2) is 5.73. The van der Waals surface area contributed by atoms with Crippen LogP contribution in [0, 0.1) is 28.6 Å². The number of ketones is 2. The van der Waals surface area contributed by atoms with E-state index in [-0.39, 0.29) is 41.2 Å². The quantitative estimate of drug-likeness (QED) is 0.696. The van der Waals surface area contributed by atoms with E-state index in [1.807, 2.05) is 6.92 Å². The number of hydrogen-bond acceptors (Lipinski definition) is 5. The van der Waals surface area contributed by atoms with Gasteiger partial charge in [0.05, 0.1) is 12.2 Å². The van der Waals surface area contributed by atoms with Crippen molar-refractivity contribution in [3.05, 3.63) is 11.6 Å². The van der Waals surface area contributed by atoms with E-state index in [2.05, 4.69) is 6.92 Å². The highest BCUT2D eigenvalue weighted by atomic mass is 16.4. The number of fused-ring (bicyclic) bond motifs is 5. The molecule has 0 radical (unpaired) electrons. The number of allylic oxidation sites excluding steroid dienone is 1. The summed E-state index contributed by atoms with van der Waals surface area (Å²) < 4.78 is 0. The van der Waals surface area contributed by atoms with Crippen LogP contribution in [0.15, 0.2) is 11.6 Å². The summed E-state index contributed by atoms with van der Waals surface area (Å²) in [4.78, 5) is 25.2. The summed E-state index contributed by atoms with van der Waals surface area (Å²) in [6, 6.07) is 0. The van der Waals surface area contributed by atoms with Gasteiger partial charge in [0.15, 0.2) is 5.78 Å². The fourth-order valence-electron chi connectivity index (χ4n) is 7.12. The molecule has 0 aromatic carbocycles. The highest BCUT2D eigenvalue weighted by molar-refractivity contribution is 5.93. The highest BCUT2D eigenvalue weighted by Crippen LogP contribution is 2.66. The molecular weight excluding hydrogens is 332 g/mol. The van der Waals surface area contributed by atoms with Gasteiger partial charge in [0.1, 0.15) is 11.9 Å². The fourth-order valence-corrected chi connectivity index (χ4v) is 7.12. The molecular formula is C21H30O5. The normalized spacial score (nSPS) is 49.1. The molecule has 0 heterocycles. The average Bonchev–Trinajstić information content (AvgIpc) is 2.86. The summed E-state index contributed by atoms with van der Waals surface area (Å²) in [5.74, 6) is 0.568. The number of aliphatic hydroxyl groups excluding tert-OH is 2. The van der Waals surface area contributed by atoms with Crippen LogP contribution < -0.4 is 0 Å². The van der Waals surface area contributed by atoms with Gasteiger partial charge >= 0.3 is 0 Å². The van der Waals surface area contributed by atoms with Crippen molar-refractivity contribution >= 4 is 11.6 Å². The van der Waals surface area contributed by atoms with Gasteiger partial charge in [-0.05, 0) is 55.4 Å². The molecule has 4 aliphatic carbocycles. The molecule has 0 aromatic rings. The van der Waals surface area contributed by atoms with Gasteiger partial charge in [-0.15, -0.1) is 0 Å². The first-order valence-electron chi connectivity index (χ1n) is 9.95. The van der Waals surface area contributed by atoms with Crippen LogP contribution in [0.1, 0.15) is 58.8 Å². The molecule has 4 aliphatic rings. The molecule has 144 valence electrons. The van der Waals surface area contributed by atoms with E-state index >= 15 is 0 Å². The van der Waals surface area contributed by atoms with E-state index in [9.17, 15) is 24.9 Å². The first-order chi connectivity index (χ1) is 12.2. The fraction of sp³-hybridized carbons (Fsp3) is 0.810. The van der Waals surface area contributed by atoms with Gasteiger partial charge in [-0.3, -0.25) is 9.59 Å². The largest absolute Gasteiger partial charge is 0.394 e. The second-order valence-electron chi connectivity index (χ2n) is 9.56. The Morgan fingerprint density at radius 3 is 2.62 bits per heavy atom. The Bertz CT molecular complexity index is 684. The molecule has 0 aromatic heterocycles. The lowest BCUT2D eigenvalue weighted by molar-refractivity contribution is -0.187. The van der Waals surface area contributed by atoms with E-state index in [0.717, 1.165) is 31.3 Å². The Labute approximate surface area is 154 Å². The Hall–Kier alpha value is -1.04. The molecule has 0 unspecified atom stereocenters. The van der Waals surface area contributed by atoms with Crippen molar-refractivity contribution in [1.29, 1.82) is 0 Å². The van der Waals surface area contributed by atoms with Crippen molar-refractivity contribution in [2.75, 3.05) is 6.61 Å². The zero-order valence-corrected chi connectivity index (χ0v) is 15.7. The molecule has 5 heteroatoms. The maximum absolute atomic E-state index is 13.3. The third-order valence-corrected chi connectivity index (χ3v) is 8.59. The third-order valence-electron chi connectivity index (χ3n) is 8.59. The van der Waals surface area contributed by atoms with Crippen LogP contribution in [0.4, 0.5) is 0 Å². The van der Waals surface area contributed by atoms with Crippen LogP contribution >= 0.6 is 0 Å². The van der Waals surface area contributed by atoms with Crippen molar-refractivity contribution in [2.24, 2.45) is 28.6 Å². The van der Waals surface area contributed by atoms with Crippen molar-refractivity contribution < 1.29 is 24.9 Å². The van der Waals surface area contributed by atoms with E-state index in [1.165, 1.54) is 0 Å². The van der Waals surface area contributed by atoms with E-state index in [1.54, 1.807) is 6.08 Å². The molecule has 3 saturated carbocycles. The van der Waals surface area contributed by atoms with Crippen molar-refractivity contribution in [3.8, 4) is 0 Å². The minimum absolute atomic E-state index is 0.0951. The topological polar surface area (TPSA) is 94.8 Å². The van der Waals surface area contributed by atoms with E-state index in [4.69, 9.17) is 0 Å². The maximum Gasteiger partial charge on any atom is 0.155 e. The van der Waals surface area contributed by atoms with E-state index in [0.29, 0.717) is 12.8 Å². The Kier molecular flexibility index (Phi) is 4.04. The highest BCUT2D eigenvalue weighted by Gasteiger charge is 2.68. The van der Waals surface area contributed by atoms with Crippen molar-refractivity contribution in [3.63, 3.8) is 0 Å². The molecule has 3 fully saturated rings. The van der Waals surface area contributed by atoms with Crippen LogP contribution in [0.25, 0.3) is 0 Å². The predicted molar refractivity (Wildman–Crippen MR) is 95.1 cm³/mol. The van der Waals surface area contributed by atoms with Gasteiger partial charge in [-0.2, -0.15) is 0 Å². The Balaban J connectivity index is 1.74. The monoisotopic (exact) mass is 362 g/mol. The molecule has 26 heavy (non-hydrogen) atoms. The van der Waals surface area contributed by atoms with Crippen LogP contribution in [-0.4, -0.2) is 45.2 Å². The standard InChI is InChI=1S/C21H30O5/c1-19-7-5-13(23)9-12(19)3-4-14-15-6-8-21(26,17(25)11-22)20(15,2)10-16(24)18(14)19/h9,14-15,17-18,22,25-26H,3-8,10-11H2,1-2H3/t14-,15-,17+,18+,19+,20+,21+/m1/s1. The SMILES string of the molecule is C[C@]12CCC(=O)C=C1CC[C@H]1[C@H]2C(=O)C[C@@]2(C)[C@@H]1CC[C@]2(O)[C@@H](O)CO. The van der Waals surface area contributed by atoms with Crippen LogP contribution in [0.3, 0.4) is 0 Å². The summed E-state index contributed by atoms with van der Waals surface area (Å²) in [5.41, 5.74) is -1.22. The predicted octanol–water partition coefficient (Wildman–Crippen LogP) is 1.78. The number of hydrogen-bond donors (Lipinski definition) is 3. The summed E-state index contributed by atoms with van der Waals surface area (Å²) in [7, 11) is 0. The Morgan fingerprint density at radius 2 is 1.92 bits per heavy atom. The van der Waals surface area contributed by atoms with Gasteiger partial charge in [0.2, 0.25) is 0 Å². The molecule has 0 saturated heterocycles. The van der Waals surface area contributed by atoms with Gasteiger partial charge in [0.25, 0.3) is 0 Å². The lowest BCUT2D eigenvalue weighted by Gasteiger charge is -2.58. The first-order valence-corrected chi connectivity index (χ1v) is 9.95. The van der Waals surface area contributed by atoms with Gasteiger partial charge in [-0.25, -0.2) is 0 Å².